The van der Waals surface area contributed by atoms with E-state index in [9.17, 15) is 0 Å². The summed E-state index contributed by atoms with van der Waals surface area (Å²) < 4.78 is 0. The Balaban J connectivity index is 4.04. The molecule has 0 amide bonds. The summed E-state index contributed by atoms with van der Waals surface area (Å²) in [6, 6.07) is 0. The van der Waals surface area contributed by atoms with Crippen molar-refractivity contribution in [3.8, 4) is 0 Å². The first-order chi connectivity index (χ1) is 5.12. The molecular formula is C10H20Cl2. The lowest BCUT2D eigenvalue weighted by atomic mass is 9.75. The van der Waals surface area contributed by atoms with E-state index in [1.54, 1.807) is 0 Å². The van der Waals surface area contributed by atoms with Crippen LogP contribution in [0.3, 0.4) is 0 Å². The fraction of sp³-hybridized carbons (Fsp3) is 1.00. The highest BCUT2D eigenvalue weighted by atomic mass is 35.5. The summed E-state index contributed by atoms with van der Waals surface area (Å²) in [5.41, 5.74) is 0.596. The van der Waals surface area contributed by atoms with Crippen molar-refractivity contribution in [2.75, 3.05) is 0 Å². The van der Waals surface area contributed by atoms with Crippen molar-refractivity contribution in [1.29, 1.82) is 0 Å². The second kappa shape index (κ2) is 4.19. The van der Waals surface area contributed by atoms with Gasteiger partial charge in [0, 0.05) is 0 Å². The molecule has 0 aliphatic heterocycles. The minimum absolute atomic E-state index is 0.234. The molecular weight excluding hydrogens is 191 g/mol. The van der Waals surface area contributed by atoms with Gasteiger partial charge in [-0.25, -0.2) is 0 Å². The fourth-order valence-electron chi connectivity index (χ4n) is 1.93. The molecule has 0 radical (unpaired) electrons. The molecule has 0 fully saturated rings. The summed E-state index contributed by atoms with van der Waals surface area (Å²) in [5.74, 6) is 0. The number of halogens is 2. The second-order valence-corrected chi connectivity index (χ2v) is 6.77. The van der Waals surface area contributed by atoms with Crippen molar-refractivity contribution in [1.82, 2.24) is 0 Å². The van der Waals surface area contributed by atoms with Crippen LogP contribution in [0.4, 0.5) is 0 Å². The minimum atomic E-state index is -0.234. The Morgan fingerprint density at radius 3 is 1.67 bits per heavy atom. The Labute approximate surface area is 86.6 Å². The maximum Gasteiger partial charge on any atom is 0.108 e. The van der Waals surface area contributed by atoms with E-state index in [0.717, 1.165) is 12.8 Å². The molecule has 2 heteroatoms. The monoisotopic (exact) mass is 210 g/mol. The van der Waals surface area contributed by atoms with Crippen LogP contribution in [0.1, 0.15) is 47.5 Å². The molecule has 12 heavy (non-hydrogen) atoms. The van der Waals surface area contributed by atoms with E-state index >= 15 is 0 Å². The average Bonchev–Trinajstić information content (AvgIpc) is 1.48. The van der Waals surface area contributed by atoms with Crippen LogP contribution in [0, 0.1) is 10.8 Å². The molecule has 74 valence electrons. The lowest BCUT2D eigenvalue weighted by Gasteiger charge is -2.32. The number of hydrogen-bond donors (Lipinski definition) is 0. The standard InChI is InChI=1S/C10H20Cl2/c1-9(2,3)7-10(4,5)6-8(11)12/h8H,6-7H2,1-5H3. The number of hydrogen-bond acceptors (Lipinski definition) is 0. The van der Waals surface area contributed by atoms with Crippen molar-refractivity contribution in [3.05, 3.63) is 0 Å². The molecule has 0 aromatic carbocycles. The Bertz CT molecular complexity index is 131. The highest BCUT2D eigenvalue weighted by Gasteiger charge is 2.27. The van der Waals surface area contributed by atoms with E-state index < -0.39 is 0 Å². The van der Waals surface area contributed by atoms with Crippen molar-refractivity contribution in [2.45, 2.75) is 52.3 Å². The van der Waals surface area contributed by atoms with Gasteiger partial charge in [-0.05, 0) is 23.7 Å². The number of alkyl halides is 2. The van der Waals surface area contributed by atoms with Gasteiger partial charge in [0.25, 0.3) is 0 Å². The molecule has 0 aromatic heterocycles. The van der Waals surface area contributed by atoms with Crippen LogP contribution in [0.25, 0.3) is 0 Å². The Kier molecular flexibility index (Phi) is 4.40. The molecule has 0 heterocycles. The van der Waals surface area contributed by atoms with Crippen LogP contribution < -0.4 is 0 Å². The van der Waals surface area contributed by atoms with Gasteiger partial charge in [-0.15, -0.1) is 23.2 Å². The van der Waals surface area contributed by atoms with Gasteiger partial charge in [0.1, 0.15) is 4.84 Å². The van der Waals surface area contributed by atoms with Gasteiger partial charge in [-0.2, -0.15) is 0 Å². The largest absolute Gasteiger partial charge is 0.108 e. The van der Waals surface area contributed by atoms with Crippen LogP contribution in [-0.2, 0) is 0 Å². The lowest BCUT2D eigenvalue weighted by molar-refractivity contribution is 0.204. The highest BCUT2D eigenvalue weighted by molar-refractivity contribution is 6.44. The molecule has 0 atom stereocenters. The summed E-state index contributed by atoms with van der Waals surface area (Å²) in [6.45, 7) is 11.2. The van der Waals surface area contributed by atoms with E-state index in [0.29, 0.717) is 5.41 Å². The van der Waals surface area contributed by atoms with Gasteiger partial charge in [0.2, 0.25) is 0 Å². The van der Waals surface area contributed by atoms with Crippen LogP contribution in [0.5, 0.6) is 0 Å². The zero-order valence-electron chi connectivity index (χ0n) is 8.75. The van der Waals surface area contributed by atoms with Crippen LogP contribution >= 0.6 is 23.2 Å². The molecule has 0 rings (SSSR count). The summed E-state index contributed by atoms with van der Waals surface area (Å²) >= 11 is 11.5. The smallest absolute Gasteiger partial charge is 0.105 e. The molecule has 0 N–H and O–H groups in total. The molecule has 0 bridgehead atoms. The Hall–Kier alpha value is 0.580. The quantitative estimate of drug-likeness (QED) is 0.596. The molecule has 0 spiro atoms. The summed E-state index contributed by atoms with van der Waals surface area (Å²) in [4.78, 5) is -0.234. The summed E-state index contributed by atoms with van der Waals surface area (Å²) in [6.07, 6.45) is 2.02. The zero-order chi connectivity index (χ0) is 9.99. The van der Waals surface area contributed by atoms with Crippen LogP contribution in [0.2, 0.25) is 0 Å². The zero-order valence-corrected chi connectivity index (χ0v) is 10.3. The van der Waals surface area contributed by atoms with Gasteiger partial charge < -0.3 is 0 Å². The predicted molar refractivity (Wildman–Crippen MR) is 58.0 cm³/mol. The molecule has 0 saturated heterocycles. The van der Waals surface area contributed by atoms with Gasteiger partial charge in [0.15, 0.2) is 0 Å². The van der Waals surface area contributed by atoms with Crippen molar-refractivity contribution in [2.24, 2.45) is 10.8 Å². The van der Waals surface area contributed by atoms with Crippen molar-refractivity contribution < 1.29 is 0 Å². The van der Waals surface area contributed by atoms with Gasteiger partial charge in [-0.3, -0.25) is 0 Å². The van der Waals surface area contributed by atoms with E-state index in [2.05, 4.69) is 34.6 Å². The molecule has 0 aliphatic rings. The van der Waals surface area contributed by atoms with Crippen molar-refractivity contribution in [3.63, 3.8) is 0 Å². The molecule has 0 unspecified atom stereocenters. The molecule has 0 aromatic rings. The molecule has 0 aliphatic carbocycles. The SMILES string of the molecule is CC(C)(C)CC(C)(C)CC(Cl)Cl. The van der Waals surface area contributed by atoms with Crippen LogP contribution in [-0.4, -0.2) is 4.84 Å². The summed E-state index contributed by atoms with van der Waals surface area (Å²) in [7, 11) is 0. The highest BCUT2D eigenvalue weighted by Crippen LogP contribution is 2.38. The van der Waals surface area contributed by atoms with E-state index in [1.807, 2.05) is 0 Å². The van der Waals surface area contributed by atoms with Gasteiger partial charge in [0.05, 0.1) is 0 Å². The third-order valence-electron chi connectivity index (χ3n) is 1.72. The first-order valence-electron chi connectivity index (χ1n) is 4.41. The topological polar surface area (TPSA) is 0 Å². The Morgan fingerprint density at radius 2 is 1.42 bits per heavy atom. The second-order valence-electron chi connectivity index (χ2n) is 5.50. The first-order valence-corrected chi connectivity index (χ1v) is 5.28. The first kappa shape index (κ1) is 12.6. The maximum atomic E-state index is 5.76. The lowest BCUT2D eigenvalue weighted by Crippen LogP contribution is -2.22. The summed E-state index contributed by atoms with van der Waals surface area (Å²) in [5, 5.41) is 0. The predicted octanol–water partition coefficient (Wildman–Crippen LogP) is 4.64. The van der Waals surface area contributed by atoms with Crippen molar-refractivity contribution >= 4 is 23.2 Å². The molecule has 0 saturated carbocycles. The van der Waals surface area contributed by atoms with E-state index in [4.69, 9.17) is 23.2 Å². The van der Waals surface area contributed by atoms with Gasteiger partial charge >= 0.3 is 0 Å². The third-order valence-corrected chi connectivity index (χ3v) is 2.02. The van der Waals surface area contributed by atoms with Gasteiger partial charge in [-0.1, -0.05) is 34.6 Å². The average molecular weight is 211 g/mol. The number of rotatable bonds is 3. The third kappa shape index (κ3) is 7.24. The van der Waals surface area contributed by atoms with Crippen LogP contribution in [0.15, 0.2) is 0 Å². The minimum Gasteiger partial charge on any atom is -0.105 e. The normalized spacial score (nSPS) is 14.0. The maximum absolute atomic E-state index is 5.76. The Morgan fingerprint density at radius 1 is 1.00 bits per heavy atom. The fourth-order valence-corrected chi connectivity index (χ4v) is 2.76. The molecule has 0 nitrogen and oxygen atoms in total. The van der Waals surface area contributed by atoms with E-state index in [-0.39, 0.29) is 10.3 Å². The van der Waals surface area contributed by atoms with E-state index in [1.165, 1.54) is 0 Å².